The molecule has 7 heteroatoms. The molecule has 0 saturated carbocycles. The zero-order valence-corrected chi connectivity index (χ0v) is 12.9. The number of aliphatic carboxylic acids is 1. The predicted molar refractivity (Wildman–Crippen MR) is 85.4 cm³/mol. The van der Waals surface area contributed by atoms with E-state index in [9.17, 15) is 14.4 Å². The van der Waals surface area contributed by atoms with Crippen molar-refractivity contribution in [3.8, 4) is 0 Å². The third-order valence-corrected chi connectivity index (χ3v) is 3.67. The highest BCUT2D eigenvalue weighted by atomic mass is 16.4. The minimum absolute atomic E-state index is 0.0584. The zero-order chi connectivity index (χ0) is 16.7. The van der Waals surface area contributed by atoms with E-state index in [1.807, 2.05) is 24.3 Å². The molecule has 1 aromatic rings. The van der Waals surface area contributed by atoms with E-state index in [1.54, 1.807) is 4.90 Å². The van der Waals surface area contributed by atoms with Crippen LogP contribution >= 0.6 is 0 Å². The van der Waals surface area contributed by atoms with Gasteiger partial charge in [-0.25, -0.2) is 4.79 Å². The van der Waals surface area contributed by atoms with Crippen molar-refractivity contribution in [3.05, 3.63) is 29.8 Å². The molecule has 0 aliphatic carbocycles. The molecular weight excluding hydrogens is 298 g/mol. The molecule has 0 aromatic heterocycles. The monoisotopic (exact) mass is 319 g/mol. The number of urea groups is 1. The number of rotatable bonds is 7. The number of benzene rings is 1. The summed E-state index contributed by atoms with van der Waals surface area (Å²) in [5, 5.41) is 13.5. The van der Waals surface area contributed by atoms with Gasteiger partial charge in [0.1, 0.15) is 0 Å². The van der Waals surface area contributed by atoms with Gasteiger partial charge < -0.3 is 20.6 Å². The fourth-order valence-corrected chi connectivity index (χ4v) is 2.52. The van der Waals surface area contributed by atoms with Crippen molar-refractivity contribution >= 4 is 23.6 Å². The van der Waals surface area contributed by atoms with Crippen molar-refractivity contribution in [2.75, 3.05) is 24.5 Å². The normalized spacial score (nSPS) is 12.6. The molecule has 0 atom stereocenters. The van der Waals surface area contributed by atoms with Crippen molar-refractivity contribution in [2.24, 2.45) is 0 Å². The second-order valence-corrected chi connectivity index (χ2v) is 5.35. The summed E-state index contributed by atoms with van der Waals surface area (Å²) >= 11 is 0. The van der Waals surface area contributed by atoms with Crippen LogP contribution in [0, 0.1) is 0 Å². The van der Waals surface area contributed by atoms with Crippen molar-refractivity contribution in [2.45, 2.75) is 25.7 Å². The number of hydrogen-bond acceptors (Lipinski definition) is 3. The number of nitrogens with zero attached hydrogens (tertiary/aromatic N) is 1. The van der Waals surface area contributed by atoms with Crippen LogP contribution in [0.1, 0.15) is 24.8 Å². The third kappa shape index (κ3) is 4.98. The maximum absolute atomic E-state index is 12.2. The maximum atomic E-state index is 12.2. The SMILES string of the molecule is O=C(O)CCNC(=O)NCCCC(=O)N1CCc2ccccc21. The van der Waals surface area contributed by atoms with Gasteiger partial charge in [0.05, 0.1) is 6.42 Å². The molecule has 23 heavy (non-hydrogen) atoms. The van der Waals surface area contributed by atoms with E-state index in [0.29, 0.717) is 25.9 Å². The lowest BCUT2D eigenvalue weighted by Gasteiger charge is -2.17. The molecule has 124 valence electrons. The number of carboxylic acid groups (broad SMARTS) is 1. The Kier molecular flexibility index (Phi) is 5.96. The second kappa shape index (κ2) is 8.17. The van der Waals surface area contributed by atoms with Crippen LogP contribution in [0.4, 0.5) is 10.5 Å². The van der Waals surface area contributed by atoms with Crippen LogP contribution in [0.3, 0.4) is 0 Å². The number of anilines is 1. The van der Waals surface area contributed by atoms with Gasteiger partial charge in [-0.05, 0) is 24.5 Å². The van der Waals surface area contributed by atoms with Gasteiger partial charge in [0.2, 0.25) is 5.91 Å². The van der Waals surface area contributed by atoms with Crippen LogP contribution in [0.5, 0.6) is 0 Å². The van der Waals surface area contributed by atoms with Gasteiger partial charge in [-0.3, -0.25) is 9.59 Å². The van der Waals surface area contributed by atoms with E-state index >= 15 is 0 Å². The number of carbonyl (C=O) groups is 3. The molecule has 0 saturated heterocycles. The number of carboxylic acids is 1. The molecule has 3 amide bonds. The first-order valence-electron chi connectivity index (χ1n) is 7.69. The quantitative estimate of drug-likeness (QED) is 0.656. The van der Waals surface area contributed by atoms with E-state index in [-0.39, 0.29) is 18.9 Å². The van der Waals surface area contributed by atoms with Crippen LogP contribution < -0.4 is 15.5 Å². The van der Waals surface area contributed by atoms with Gasteiger partial charge in [0.25, 0.3) is 0 Å². The number of nitrogens with one attached hydrogen (secondary N) is 2. The summed E-state index contributed by atoms with van der Waals surface area (Å²) < 4.78 is 0. The molecule has 1 aromatic carbocycles. The molecular formula is C16H21N3O4. The Labute approximate surface area is 134 Å². The molecule has 1 heterocycles. The van der Waals surface area contributed by atoms with Crippen molar-refractivity contribution < 1.29 is 19.5 Å². The van der Waals surface area contributed by atoms with Gasteiger partial charge >= 0.3 is 12.0 Å². The summed E-state index contributed by atoms with van der Waals surface area (Å²) in [7, 11) is 0. The minimum Gasteiger partial charge on any atom is -0.481 e. The highest BCUT2D eigenvalue weighted by Crippen LogP contribution is 2.27. The number of hydrogen-bond donors (Lipinski definition) is 3. The average molecular weight is 319 g/mol. The van der Waals surface area contributed by atoms with E-state index in [0.717, 1.165) is 12.1 Å². The second-order valence-electron chi connectivity index (χ2n) is 5.35. The Morgan fingerprint density at radius 2 is 1.83 bits per heavy atom. The van der Waals surface area contributed by atoms with Gasteiger partial charge in [-0.2, -0.15) is 0 Å². The molecule has 7 nitrogen and oxygen atoms in total. The highest BCUT2D eigenvalue weighted by molar-refractivity contribution is 5.95. The fraction of sp³-hybridized carbons (Fsp3) is 0.438. The largest absolute Gasteiger partial charge is 0.481 e. The van der Waals surface area contributed by atoms with Crippen molar-refractivity contribution in [1.29, 1.82) is 0 Å². The zero-order valence-electron chi connectivity index (χ0n) is 12.9. The average Bonchev–Trinajstić information content (AvgIpc) is 2.95. The first kappa shape index (κ1) is 16.8. The molecule has 0 fully saturated rings. The number of amides is 3. The van der Waals surface area contributed by atoms with Crippen LogP contribution in [0.15, 0.2) is 24.3 Å². The van der Waals surface area contributed by atoms with Crippen LogP contribution in [-0.4, -0.2) is 42.6 Å². The Morgan fingerprint density at radius 3 is 2.61 bits per heavy atom. The summed E-state index contributed by atoms with van der Waals surface area (Å²) in [6.07, 6.45) is 1.68. The molecule has 3 N–H and O–H groups in total. The highest BCUT2D eigenvalue weighted by Gasteiger charge is 2.23. The van der Waals surface area contributed by atoms with E-state index in [2.05, 4.69) is 10.6 Å². The molecule has 2 rings (SSSR count). The van der Waals surface area contributed by atoms with E-state index in [1.165, 1.54) is 5.56 Å². The summed E-state index contributed by atoms with van der Waals surface area (Å²) in [5.41, 5.74) is 2.17. The Balaban J connectivity index is 1.64. The smallest absolute Gasteiger partial charge is 0.314 e. The summed E-state index contributed by atoms with van der Waals surface area (Å²) in [5.74, 6) is -0.898. The molecule has 0 unspecified atom stereocenters. The Bertz CT molecular complexity index is 588. The van der Waals surface area contributed by atoms with Crippen LogP contribution in [0.25, 0.3) is 0 Å². The lowest BCUT2D eigenvalue weighted by molar-refractivity contribution is -0.136. The molecule has 1 aliphatic rings. The first-order chi connectivity index (χ1) is 11.1. The van der Waals surface area contributed by atoms with Crippen LogP contribution in [-0.2, 0) is 16.0 Å². The topological polar surface area (TPSA) is 98.7 Å². The minimum atomic E-state index is -0.957. The Morgan fingerprint density at radius 1 is 1.09 bits per heavy atom. The number of fused-ring (bicyclic) bond motifs is 1. The molecule has 0 radical (unpaired) electrons. The van der Waals surface area contributed by atoms with E-state index in [4.69, 9.17) is 5.11 Å². The lowest BCUT2D eigenvalue weighted by atomic mass is 10.2. The molecule has 0 spiro atoms. The van der Waals surface area contributed by atoms with Gasteiger partial charge in [-0.15, -0.1) is 0 Å². The predicted octanol–water partition coefficient (Wildman–Crippen LogP) is 1.13. The van der Waals surface area contributed by atoms with Gasteiger partial charge in [-0.1, -0.05) is 18.2 Å². The molecule has 0 bridgehead atoms. The third-order valence-electron chi connectivity index (χ3n) is 3.67. The number of carbonyl (C=O) groups excluding carboxylic acids is 2. The van der Waals surface area contributed by atoms with Crippen molar-refractivity contribution in [1.82, 2.24) is 10.6 Å². The summed E-state index contributed by atoms with van der Waals surface area (Å²) in [6.45, 7) is 1.17. The van der Waals surface area contributed by atoms with E-state index < -0.39 is 12.0 Å². The fourth-order valence-electron chi connectivity index (χ4n) is 2.52. The van der Waals surface area contributed by atoms with Gasteiger partial charge in [0, 0.05) is 31.7 Å². The number of para-hydroxylation sites is 1. The Hall–Kier alpha value is -2.57. The van der Waals surface area contributed by atoms with Crippen LogP contribution in [0.2, 0.25) is 0 Å². The molecule has 1 aliphatic heterocycles. The summed E-state index contributed by atoms with van der Waals surface area (Å²) in [6, 6.07) is 7.47. The standard InChI is InChI=1S/C16H21N3O4/c20-14(19-11-8-12-4-1-2-5-13(12)19)6-3-9-17-16(23)18-10-7-15(21)22/h1-2,4-5H,3,6-11H2,(H,21,22)(H2,17,18,23). The van der Waals surface area contributed by atoms with Gasteiger partial charge in [0.15, 0.2) is 0 Å². The van der Waals surface area contributed by atoms with Crippen molar-refractivity contribution in [3.63, 3.8) is 0 Å². The lowest BCUT2D eigenvalue weighted by Crippen LogP contribution is -2.37. The summed E-state index contributed by atoms with van der Waals surface area (Å²) in [4.78, 5) is 35.7. The first-order valence-corrected chi connectivity index (χ1v) is 7.69. The maximum Gasteiger partial charge on any atom is 0.314 e.